The van der Waals surface area contributed by atoms with Gasteiger partial charge in [-0.25, -0.2) is 4.79 Å². The number of hydrogen-bond acceptors (Lipinski definition) is 6. The van der Waals surface area contributed by atoms with Gasteiger partial charge in [-0.05, 0) is 54.2 Å². The maximum atomic E-state index is 13.9. The molecule has 1 saturated heterocycles. The van der Waals surface area contributed by atoms with Crippen LogP contribution in [-0.2, 0) is 38.4 Å². The van der Waals surface area contributed by atoms with Gasteiger partial charge in [0, 0.05) is 36.5 Å². The van der Waals surface area contributed by atoms with Gasteiger partial charge in [-0.3, -0.25) is 14.4 Å². The number of nitrogens with zero attached hydrogens (tertiary/aromatic N) is 1. The molecule has 11 nitrogen and oxygen atoms in total. The van der Waals surface area contributed by atoms with Crippen molar-refractivity contribution >= 4 is 34.6 Å². The summed E-state index contributed by atoms with van der Waals surface area (Å²) >= 11 is 0. The standard InChI is InChI=1S/C34H37N5O6/c35-26(19-23-20-36-27-10-5-4-9-25(23)27)31(41)37-28(17-22-12-14-24(40)15-13-22)32(42)38-29(18-21-7-2-1-3-8-21)33(43)39-16-6-11-30(39)34(44)45/h1-5,7-10,12-15,20,26,28-30,36,40H,6,11,16-19,35H2,(H,37,41)(H,38,42)(H,44,45). The minimum atomic E-state index is -1.11. The van der Waals surface area contributed by atoms with Gasteiger partial charge in [-0.1, -0.05) is 60.7 Å². The summed E-state index contributed by atoms with van der Waals surface area (Å²) in [5.74, 6) is -2.70. The Labute approximate surface area is 260 Å². The van der Waals surface area contributed by atoms with Crippen molar-refractivity contribution < 1.29 is 29.4 Å². The Hall–Kier alpha value is -5.16. The number of aromatic nitrogens is 1. The summed E-state index contributed by atoms with van der Waals surface area (Å²) < 4.78 is 0. The summed E-state index contributed by atoms with van der Waals surface area (Å²) in [6.07, 6.45) is 3.11. The van der Waals surface area contributed by atoms with E-state index >= 15 is 0 Å². The predicted molar refractivity (Wildman–Crippen MR) is 168 cm³/mol. The highest BCUT2D eigenvalue weighted by atomic mass is 16.4. The topological polar surface area (TPSA) is 178 Å². The molecule has 1 fully saturated rings. The number of amides is 3. The average molecular weight is 612 g/mol. The lowest BCUT2D eigenvalue weighted by atomic mass is 10.0. The molecule has 3 amide bonds. The van der Waals surface area contributed by atoms with Gasteiger partial charge in [0.05, 0.1) is 6.04 Å². The van der Waals surface area contributed by atoms with E-state index in [1.807, 2.05) is 54.6 Å². The third-order valence-electron chi connectivity index (χ3n) is 8.18. The molecule has 2 heterocycles. The molecule has 1 aromatic heterocycles. The number of phenols is 1. The van der Waals surface area contributed by atoms with Crippen LogP contribution in [0.1, 0.15) is 29.5 Å². The second-order valence-corrected chi connectivity index (χ2v) is 11.4. The minimum absolute atomic E-state index is 0.0525. The molecule has 5 rings (SSSR count). The monoisotopic (exact) mass is 611 g/mol. The minimum Gasteiger partial charge on any atom is -0.508 e. The number of H-pyrrole nitrogens is 1. The molecular weight excluding hydrogens is 574 g/mol. The zero-order chi connectivity index (χ0) is 31.9. The van der Waals surface area contributed by atoms with Gasteiger partial charge in [0.2, 0.25) is 17.7 Å². The first kappa shape index (κ1) is 31.3. The third-order valence-corrected chi connectivity index (χ3v) is 8.18. The van der Waals surface area contributed by atoms with Gasteiger partial charge >= 0.3 is 5.97 Å². The Bertz CT molecular complexity index is 1650. The molecule has 0 aliphatic carbocycles. The first-order valence-corrected chi connectivity index (χ1v) is 15.0. The number of carbonyl (C=O) groups excluding carboxylic acids is 3. The molecule has 4 aromatic rings. The first-order valence-electron chi connectivity index (χ1n) is 15.0. The number of hydrogen-bond donors (Lipinski definition) is 6. The van der Waals surface area contributed by atoms with E-state index in [1.165, 1.54) is 17.0 Å². The fourth-order valence-corrected chi connectivity index (χ4v) is 5.80. The molecule has 1 aliphatic rings. The zero-order valence-electron chi connectivity index (χ0n) is 24.7. The van der Waals surface area contributed by atoms with Gasteiger partial charge in [-0.15, -0.1) is 0 Å². The molecule has 0 saturated carbocycles. The summed E-state index contributed by atoms with van der Waals surface area (Å²) in [6.45, 7) is 0.271. The van der Waals surface area contributed by atoms with Crippen molar-refractivity contribution in [2.45, 2.75) is 56.3 Å². The second-order valence-electron chi connectivity index (χ2n) is 11.4. The van der Waals surface area contributed by atoms with Gasteiger partial charge in [0.25, 0.3) is 0 Å². The Morgan fingerprint density at radius 3 is 2.22 bits per heavy atom. The first-order chi connectivity index (χ1) is 21.7. The van der Waals surface area contributed by atoms with E-state index in [9.17, 15) is 29.4 Å². The number of aromatic amines is 1. The smallest absolute Gasteiger partial charge is 0.326 e. The Kier molecular flexibility index (Phi) is 9.79. The maximum absolute atomic E-state index is 13.9. The summed E-state index contributed by atoms with van der Waals surface area (Å²) in [4.78, 5) is 57.4. The molecule has 0 bridgehead atoms. The van der Waals surface area contributed by atoms with Crippen LogP contribution < -0.4 is 16.4 Å². The predicted octanol–water partition coefficient (Wildman–Crippen LogP) is 2.27. The number of aliphatic carboxylic acids is 1. The highest BCUT2D eigenvalue weighted by Gasteiger charge is 2.38. The number of carboxylic acids is 1. The van der Waals surface area contributed by atoms with E-state index in [0.717, 1.165) is 22.0 Å². The van der Waals surface area contributed by atoms with E-state index in [0.29, 0.717) is 18.4 Å². The van der Waals surface area contributed by atoms with Gasteiger partial charge in [0.1, 0.15) is 23.9 Å². The van der Waals surface area contributed by atoms with Crippen LogP contribution in [0.15, 0.2) is 85.1 Å². The molecule has 4 unspecified atom stereocenters. The lowest BCUT2D eigenvalue weighted by molar-refractivity contribution is -0.149. The Morgan fingerprint density at radius 1 is 0.844 bits per heavy atom. The van der Waals surface area contributed by atoms with E-state index in [1.54, 1.807) is 18.3 Å². The molecule has 11 heteroatoms. The second kappa shape index (κ2) is 14.1. The molecule has 1 aliphatic heterocycles. The Morgan fingerprint density at radius 2 is 1.49 bits per heavy atom. The van der Waals surface area contributed by atoms with Crippen LogP contribution in [0.3, 0.4) is 0 Å². The number of likely N-dealkylation sites (tertiary alicyclic amines) is 1. The quantitative estimate of drug-likeness (QED) is 0.142. The van der Waals surface area contributed by atoms with Gasteiger partial charge < -0.3 is 36.5 Å². The molecular formula is C34H37N5O6. The number of carbonyl (C=O) groups is 4. The number of aromatic hydroxyl groups is 1. The van der Waals surface area contributed by atoms with E-state index in [-0.39, 0.29) is 31.6 Å². The van der Waals surface area contributed by atoms with Crippen LogP contribution >= 0.6 is 0 Å². The number of rotatable bonds is 12. The van der Waals surface area contributed by atoms with Crippen LogP contribution in [0, 0.1) is 0 Å². The van der Waals surface area contributed by atoms with Crippen molar-refractivity contribution in [1.29, 1.82) is 0 Å². The lowest BCUT2D eigenvalue weighted by Gasteiger charge is -2.29. The molecule has 4 atom stereocenters. The maximum Gasteiger partial charge on any atom is 0.326 e. The number of nitrogens with one attached hydrogen (secondary N) is 3. The number of nitrogens with two attached hydrogens (primary N) is 1. The summed E-state index contributed by atoms with van der Waals surface area (Å²) in [5, 5.41) is 26.0. The molecule has 0 spiro atoms. The normalized spacial score (nSPS) is 16.6. The van der Waals surface area contributed by atoms with E-state index in [2.05, 4.69) is 15.6 Å². The van der Waals surface area contributed by atoms with Gasteiger partial charge in [0.15, 0.2) is 0 Å². The van der Waals surface area contributed by atoms with Crippen molar-refractivity contribution in [2.24, 2.45) is 5.73 Å². The highest BCUT2D eigenvalue weighted by molar-refractivity contribution is 5.95. The van der Waals surface area contributed by atoms with Gasteiger partial charge in [-0.2, -0.15) is 0 Å². The fraction of sp³-hybridized carbons (Fsp3) is 0.294. The van der Waals surface area contributed by atoms with Crippen molar-refractivity contribution in [3.8, 4) is 5.75 Å². The highest BCUT2D eigenvalue weighted by Crippen LogP contribution is 2.21. The number of fused-ring (bicyclic) bond motifs is 1. The third kappa shape index (κ3) is 7.68. The molecule has 3 aromatic carbocycles. The summed E-state index contributed by atoms with van der Waals surface area (Å²) in [5.41, 5.74) is 9.55. The van der Waals surface area contributed by atoms with Crippen molar-refractivity contribution in [3.05, 3.63) is 102 Å². The fourth-order valence-electron chi connectivity index (χ4n) is 5.80. The molecule has 7 N–H and O–H groups in total. The summed E-state index contributed by atoms with van der Waals surface area (Å²) in [6, 6.07) is 18.9. The van der Waals surface area contributed by atoms with Crippen LogP contribution in [-0.4, -0.2) is 74.5 Å². The van der Waals surface area contributed by atoms with Crippen LogP contribution in [0.2, 0.25) is 0 Å². The number of para-hydroxylation sites is 1. The van der Waals surface area contributed by atoms with Crippen molar-refractivity contribution in [1.82, 2.24) is 20.5 Å². The Balaban J connectivity index is 1.37. The van der Waals surface area contributed by atoms with Crippen LogP contribution in [0.25, 0.3) is 10.9 Å². The number of carboxylic acid groups (broad SMARTS) is 1. The van der Waals surface area contributed by atoms with E-state index in [4.69, 9.17) is 5.73 Å². The lowest BCUT2D eigenvalue weighted by Crippen LogP contribution is -2.58. The number of phenolic OH excluding ortho intramolecular Hbond substituents is 1. The van der Waals surface area contributed by atoms with Crippen LogP contribution in [0.5, 0.6) is 5.75 Å². The van der Waals surface area contributed by atoms with E-state index < -0.39 is 47.9 Å². The summed E-state index contributed by atoms with van der Waals surface area (Å²) in [7, 11) is 0. The SMILES string of the molecule is NC(Cc1c[nH]c2ccccc12)C(=O)NC(Cc1ccc(O)cc1)C(=O)NC(Cc1ccccc1)C(=O)N1CCCC1C(=O)O. The molecule has 234 valence electrons. The van der Waals surface area contributed by atoms with Crippen molar-refractivity contribution in [2.75, 3.05) is 6.54 Å². The largest absolute Gasteiger partial charge is 0.508 e. The number of benzene rings is 3. The average Bonchev–Trinajstić information content (AvgIpc) is 3.69. The van der Waals surface area contributed by atoms with Crippen LogP contribution in [0.4, 0.5) is 0 Å². The molecule has 0 radical (unpaired) electrons. The zero-order valence-corrected chi connectivity index (χ0v) is 24.7. The molecule has 45 heavy (non-hydrogen) atoms. The van der Waals surface area contributed by atoms with Crippen molar-refractivity contribution in [3.63, 3.8) is 0 Å².